The van der Waals surface area contributed by atoms with Crippen LogP contribution in [0.15, 0.2) is 54.7 Å². The van der Waals surface area contributed by atoms with Crippen molar-refractivity contribution in [3.05, 3.63) is 60.6 Å². The number of hydrogen-bond acceptors (Lipinski definition) is 4. The average molecular weight is 418 g/mol. The number of fused-ring (bicyclic) bond motifs is 1. The van der Waals surface area contributed by atoms with Crippen molar-refractivity contribution in [1.82, 2.24) is 9.97 Å². The largest absolute Gasteiger partial charge is 0.449 e. The van der Waals surface area contributed by atoms with Crippen LogP contribution in [-0.4, -0.2) is 22.7 Å². The van der Waals surface area contributed by atoms with Crippen LogP contribution in [-0.2, 0) is 4.74 Å². The van der Waals surface area contributed by atoms with E-state index in [2.05, 4.69) is 68.2 Å². The summed E-state index contributed by atoms with van der Waals surface area (Å²) >= 11 is 0. The summed E-state index contributed by atoms with van der Waals surface area (Å²) in [6.07, 6.45) is 5.03. The third-order valence-electron chi connectivity index (χ3n) is 7.11. The summed E-state index contributed by atoms with van der Waals surface area (Å²) in [6, 6.07) is 16.8. The Morgan fingerprint density at radius 1 is 1.10 bits per heavy atom. The third-order valence-corrected chi connectivity index (χ3v) is 7.11. The first kappa shape index (κ1) is 21.3. The van der Waals surface area contributed by atoms with E-state index in [-0.39, 0.29) is 10.8 Å². The summed E-state index contributed by atoms with van der Waals surface area (Å²) in [5.74, 6) is 1.22. The minimum Gasteiger partial charge on any atom is -0.449 e. The number of carbonyl (C=O) groups excluding carboxylic acids is 1. The fourth-order valence-corrected chi connectivity index (χ4v) is 4.83. The Morgan fingerprint density at radius 2 is 1.81 bits per heavy atom. The first-order valence-corrected chi connectivity index (χ1v) is 11.0. The number of primary amides is 1. The smallest absolute Gasteiger partial charge is 0.404 e. The fourth-order valence-electron chi connectivity index (χ4n) is 4.83. The molecule has 4 rings (SSSR count). The fraction of sp³-hybridized carbons (Fsp3) is 0.423. The maximum absolute atomic E-state index is 11.2. The lowest BCUT2D eigenvalue weighted by atomic mass is 9.58. The van der Waals surface area contributed by atoms with Gasteiger partial charge in [-0.15, -0.1) is 0 Å². The molecule has 1 saturated carbocycles. The lowest BCUT2D eigenvalue weighted by Crippen LogP contribution is -2.43. The molecule has 1 heterocycles. The van der Waals surface area contributed by atoms with Gasteiger partial charge in [0.05, 0.1) is 12.3 Å². The normalized spacial score (nSPS) is 21.7. The number of nitrogens with two attached hydrogens (primary N) is 1. The number of rotatable bonds is 4. The van der Waals surface area contributed by atoms with Crippen LogP contribution in [0.5, 0.6) is 0 Å². The van der Waals surface area contributed by atoms with Gasteiger partial charge in [0.25, 0.3) is 0 Å². The lowest BCUT2D eigenvalue weighted by molar-refractivity contribution is -0.0274. The Labute approximate surface area is 184 Å². The van der Waals surface area contributed by atoms with Crippen LogP contribution in [0.3, 0.4) is 0 Å². The molecule has 0 spiro atoms. The van der Waals surface area contributed by atoms with Crippen LogP contribution in [0.25, 0.3) is 22.0 Å². The maximum Gasteiger partial charge on any atom is 0.404 e. The molecule has 1 aliphatic rings. The predicted octanol–water partition coefficient (Wildman–Crippen LogP) is 6.08. The highest BCUT2D eigenvalue weighted by atomic mass is 16.5. The van der Waals surface area contributed by atoms with E-state index in [0.717, 1.165) is 42.8 Å². The zero-order valence-corrected chi connectivity index (χ0v) is 18.6. The van der Waals surface area contributed by atoms with Gasteiger partial charge in [0.15, 0.2) is 0 Å². The summed E-state index contributed by atoms with van der Waals surface area (Å²) in [5.41, 5.74) is 7.26. The van der Waals surface area contributed by atoms with Crippen LogP contribution in [0, 0.1) is 10.8 Å². The van der Waals surface area contributed by atoms with Gasteiger partial charge >= 0.3 is 6.09 Å². The van der Waals surface area contributed by atoms with E-state index in [1.165, 1.54) is 10.8 Å². The van der Waals surface area contributed by atoms with E-state index in [1.54, 1.807) is 0 Å². The second kappa shape index (κ2) is 8.29. The topological polar surface area (TPSA) is 78.1 Å². The van der Waals surface area contributed by atoms with Crippen molar-refractivity contribution in [2.45, 2.75) is 52.4 Å². The lowest BCUT2D eigenvalue weighted by Gasteiger charge is -2.48. The van der Waals surface area contributed by atoms with Crippen molar-refractivity contribution < 1.29 is 9.53 Å². The molecule has 2 N–H and O–H groups in total. The van der Waals surface area contributed by atoms with Gasteiger partial charge in [-0.3, -0.25) is 0 Å². The predicted molar refractivity (Wildman–Crippen MR) is 124 cm³/mol. The molecule has 31 heavy (non-hydrogen) atoms. The molecule has 0 bridgehead atoms. The van der Waals surface area contributed by atoms with Gasteiger partial charge in [0, 0.05) is 23.1 Å². The Hall–Kier alpha value is -2.95. The Bertz CT molecular complexity index is 1080. The number of hydrogen-bond donors (Lipinski definition) is 1. The van der Waals surface area contributed by atoms with E-state index in [9.17, 15) is 4.79 Å². The summed E-state index contributed by atoms with van der Waals surface area (Å²) in [5, 5.41) is 2.44. The molecule has 5 heteroatoms. The number of benzene rings is 2. The molecule has 1 aromatic heterocycles. The van der Waals surface area contributed by atoms with E-state index in [1.807, 2.05) is 12.3 Å². The molecule has 0 unspecified atom stereocenters. The standard InChI is InChI=1S/C26H31N3O2/c1-25(2,3)26(17-31-24(27)30)13-10-19(11-14-26)23-28-15-12-22(29-23)21-9-8-18-6-4-5-7-20(18)16-21/h4-9,12,15-16,19H,10-11,13-14,17H2,1-3H3,(H2,27,30). The summed E-state index contributed by atoms with van der Waals surface area (Å²) in [7, 11) is 0. The van der Waals surface area contributed by atoms with Crippen molar-refractivity contribution in [3.8, 4) is 11.3 Å². The van der Waals surface area contributed by atoms with Crippen molar-refractivity contribution >= 4 is 16.9 Å². The van der Waals surface area contributed by atoms with Gasteiger partial charge in [0.1, 0.15) is 5.82 Å². The Kier molecular flexibility index (Phi) is 5.69. The average Bonchev–Trinajstić information content (AvgIpc) is 2.77. The Balaban J connectivity index is 1.54. The molecule has 1 amide bonds. The second-order valence-corrected chi connectivity index (χ2v) is 9.77. The number of aromatic nitrogens is 2. The molecular formula is C26H31N3O2. The van der Waals surface area contributed by atoms with Crippen LogP contribution >= 0.6 is 0 Å². The van der Waals surface area contributed by atoms with Crippen molar-refractivity contribution in [3.63, 3.8) is 0 Å². The zero-order valence-electron chi connectivity index (χ0n) is 18.6. The van der Waals surface area contributed by atoms with E-state index < -0.39 is 6.09 Å². The van der Waals surface area contributed by atoms with Gasteiger partial charge in [-0.05, 0) is 54.0 Å². The maximum atomic E-state index is 11.2. The van der Waals surface area contributed by atoms with Gasteiger partial charge in [-0.1, -0.05) is 57.2 Å². The molecule has 2 aromatic carbocycles. The first-order chi connectivity index (χ1) is 14.8. The van der Waals surface area contributed by atoms with Gasteiger partial charge in [-0.2, -0.15) is 0 Å². The van der Waals surface area contributed by atoms with E-state index in [0.29, 0.717) is 12.5 Å². The zero-order chi connectivity index (χ0) is 22.1. The summed E-state index contributed by atoms with van der Waals surface area (Å²) in [6.45, 7) is 7.02. The number of ether oxygens (including phenoxy) is 1. The highest BCUT2D eigenvalue weighted by Gasteiger charge is 2.46. The molecule has 3 aromatic rings. The number of nitrogens with zero attached hydrogens (tertiary/aromatic N) is 2. The highest BCUT2D eigenvalue weighted by molar-refractivity contribution is 5.86. The highest BCUT2D eigenvalue weighted by Crippen LogP contribution is 2.52. The van der Waals surface area contributed by atoms with Crippen molar-refractivity contribution in [2.24, 2.45) is 16.6 Å². The van der Waals surface area contributed by atoms with Crippen LogP contribution < -0.4 is 5.73 Å². The second-order valence-electron chi connectivity index (χ2n) is 9.77. The summed E-state index contributed by atoms with van der Waals surface area (Å²) in [4.78, 5) is 20.8. The van der Waals surface area contributed by atoms with E-state index >= 15 is 0 Å². The minimum atomic E-state index is -0.697. The van der Waals surface area contributed by atoms with Crippen LogP contribution in [0.2, 0.25) is 0 Å². The van der Waals surface area contributed by atoms with Crippen molar-refractivity contribution in [2.75, 3.05) is 6.61 Å². The molecule has 0 saturated heterocycles. The van der Waals surface area contributed by atoms with Crippen LogP contribution in [0.4, 0.5) is 4.79 Å². The quantitative estimate of drug-likeness (QED) is 0.558. The Morgan fingerprint density at radius 3 is 2.48 bits per heavy atom. The molecule has 162 valence electrons. The van der Waals surface area contributed by atoms with E-state index in [4.69, 9.17) is 15.5 Å². The monoisotopic (exact) mass is 417 g/mol. The van der Waals surface area contributed by atoms with Gasteiger partial charge in [-0.25, -0.2) is 14.8 Å². The van der Waals surface area contributed by atoms with Crippen LogP contribution in [0.1, 0.15) is 58.2 Å². The number of amides is 1. The van der Waals surface area contributed by atoms with Gasteiger partial charge < -0.3 is 10.5 Å². The number of carbonyl (C=O) groups is 1. The molecule has 0 radical (unpaired) electrons. The minimum absolute atomic E-state index is 0.0151. The molecular weight excluding hydrogens is 386 g/mol. The summed E-state index contributed by atoms with van der Waals surface area (Å²) < 4.78 is 5.27. The molecule has 0 aliphatic heterocycles. The molecule has 0 atom stereocenters. The molecule has 5 nitrogen and oxygen atoms in total. The first-order valence-electron chi connectivity index (χ1n) is 11.0. The third kappa shape index (κ3) is 4.41. The van der Waals surface area contributed by atoms with Gasteiger partial charge in [0.2, 0.25) is 0 Å². The molecule has 1 fully saturated rings. The van der Waals surface area contributed by atoms with Crippen molar-refractivity contribution in [1.29, 1.82) is 0 Å². The molecule has 1 aliphatic carbocycles. The SMILES string of the molecule is CC(C)(C)C1(COC(N)=O)CCC(c2nccc(-c3ccc4ccccc4c3)n2)CC1.